The molecule has 332 valence electrons. The van der Waals surface area contributed by atoms with Crippen LogP contribution >= 0.6 is 11.6 Å². The SMILES string of the molecule is C[C@]1(O)CCCN(c2nc(Nc3ccc(S(=O)(=O)NC4CCC(CN5CCN(c6ccc(C7CCC(=O)NC7=O)c(Cl)c6)CC5)CC4)cc3C(F)(F)F)ncc2C(F)(F)F)C1. The molecule has 13 nitrogen and oxygen atoms in total. The standard InChI is InChI=1S/C40H47ClF6N8O5S/c1-38(58)13-2-14-55(23-38)35-31(40(45,46)47)21-48-37(51-35)49-33-11-8-27(20-30(33)39(42,43)44)61(59,60)52-25-5-3-24(4-6-25)22-53-15-17-54(18-16-53)26-7-9-28(32(41)19-26)29-10-12-34(56)50-36(29)57/h7-9,11,19-21,24-25,29,52,58H,2-6,10,12-18,22-23H2,1H3,(H,48,49,51)(H,50,56,57)/t24?,25?,29?,38-/m0/s1. The van der Waals surface area contributed by atoms with Crippen molar-refractivity contribution < 1.29 is 49.5 Å². The predicted molar refractivity (Wildman–Crippen MR) is 215 cm³/mol. The lowest BCUT2D eigenvalue weighted by atomic mass is 9.86. The second-order valence-electron chi connectivity index (χ2n) is 16.6. The lowest BCUT2D eigenvalue weighted by molar-refractivity contribution is -0.138. The number of anilines is 4. The average Bonchev–Trinajstić information content (AvgIpc) is 3.18. The van der Waals surface area contributed by atoms with Gasteiger partial charge in [-0.25, -0.2) is 18.1 Å². The van der Waals surface area contributed by atoms with Crippen LogP contribution in [-0.2, 0) is 32.0 Å². The van der Waals surface area contributed by atoms with Gasteiger partial charge in [-0.1, -0.05) is 17.7 Å². The van der Waals surface area contributed by atoms with E-state index in [0.717, 1.165) is 50.5 Å². The van der Waals surface area contributed by atoms with Gasteiger partial charge in [-0.3, -0.25) is 19.8 Å². The van der Waals surface area contributed by atoms with Crippen molar-refractivity contribution in [2.24, 2.45) is 5.92 Å². The van der Waals surface area contributed by atoms with Crippen LogP contribution < -0.4 is 25.2 Å². The summed E-state index contributed by atoms with van der Waals surface area (Å²) in [6.07, 6.45) is -5.70. The number of piperidine rings is 2. The average molecular weight is 901 g/mol. The first-order valence-corrected chi connectivity index (χ1v) is 22.0. The maximum absolute atomic E-state index is 14.4. The van der Waals surface area contributed by atoms with E-state index in [1.165, 1.54) is 11.8 Å². The Morgan fingerprint density at radius 2 is 1.62 bits per heavy atom. The third-order valence-corrected chi connectivity index (χ3v) is 13.8. The van der Waals surface area contributed by atoms with E-state index >= 15 is 0 Å². The predicted octanol–water partition coefficient (Wildman–Crippen LogP) is 6.44. The second kappa shape index (κ2) is 17.5. The zero-order valence-electron chi connectivity index (χ0n) is 33.3. The number of piperazine rings is 1. The summed E-state index contributed by atoms with van der Waals surface area (Å²) in [7, 11) is -4.40. The van der Waals surface area contributed by atoms with Gasteiger partial charge in [0.15, 0.2) is 0 Å². The number of carbonyl (C=O) groups is 2. The van der Waals surface area contributed by atoms with Crippen LogP contribution in [0.15, 0.2) is 47.5 Å². The van der Waals surface area contributed by atoms with Crippen LogP contribution in [0.1, 0.15) is 80.9 Å². The maximum Gasteiger partial charge on any atom is 0.421 e. The molecule has 7 rings (SSSR count). The quantitative estimate of drug-likeness (QED) is 0.131. The fraction of sp³-hybridized carbons (Fsp3) is 0.550. The highest BCUT2D eigenvalue weighted by Gasteiger charge is 2.40. The van der Waals surface area contributed by atoms with Gasteiger partial charge < -0.3 is 20.2 Å². The number of amides is 2. The molecule has 4 N–H and O–H groups in total. The molecule has 1 saturated carbocycles. The smallest absolute Gasteiger partial charge is 0.388 e. The molecule has 3 saturated heterocycles. The van der Waals surface area contributed by atoms with E-state index in [4.69, 9.17) is 11.6 Å². The van der Waals surface area contributed by atoms with Gasteiger partial charge in [0, 0.05) is 75.2 Å². The van der Waals surface area contributed by atoms with Crippen molar-refractivity contribution in [2.75, 3.05) is 60.9 Å². The highest BCUT2D eigenvalue weighted by Crippen LogP contribution is 2.41. The molecule has 2 amide bonds. The van der Waals surface area contributed by atoms with E-state index in [2.05, 4.69) is 35.1 Å². The molecule has 4 fully saturated rings. The zero-order chi connectivity index (χ0) is 43.9. The molecular formula is C40H47ClF6N8O5S. The summed E-state index contributed by atoms with van der Waals surface area (Å²) < 4.78 is 114. The Morgan fingerprint density at radius 1 is 0.918 bits per heavy atom. The number of aromatic nitrogens is 2. The highest BCUT2D eigenvalue weighted by atomic mass is 35.5. The highest BCUT2D eigenvalue weighted by molar-refractivity contribution is 7.89. The van der Waals surface area contributed by atoms with Crippen molar-refractivity contribution in [3.8, 4) is 0 Å². The minimum Gasteiger partial charge on any atom is -0.388 e. The summed E-state index contributed by atoms with van der Waals surface area (Å²) >= 11 is 6.60. The number of hydrogen-bond acceptors (Lipinski definition) is 11. The van der Waals surface area contributed by atoms with Gasteiger partial charge in [0.25, 0.3) is 0 Å². The van der Waals surface area contributed by atoms with Crippen LogP contribution in [0, 0.1) is 5.92 Å². The van der Waals surface area contributed by atoms with Gasteiger partial charge in [0.1, 0.15) is 11.4 Å². The summed E-state index contributed by atoms with van der Waals surface area (Å²) in [5, 5.41) is 15.7. The summed E-state index contributed by atoms with van der Waals surface area (Å²) in [5.74, 6) is -1.98. The van der Waals surface area contributed by atoms with E-state index in [9.17, 15) is 49.5 Å². The molecule has 4 heterocycles. The molecule has 0 bridgehead atoms. The summed E-state index contributed by atoms with van der Waals surface area (Å²) in [4.78, 5) is 36.6. The summed E-state index contributed by atoms with van der Waals surface area (Å²) in [6, 6.07) is 7.49. The number of aliphatic hydroxyl groups is 1. The molecule has 3 aromatic rings. The van der Waals surface area contributed by atoms with Crippen molar-refractivity contribution in [3.63, 3.8) is 0 Å². The number of nitrogens with one attached hydrogen (secondary N) is 3. The Morgan fingerprint density at radius 3 is 2.26 bits per heavy atom. The maximum atomic E-state index is 14.4. The normalized spacial score (nSPS) is 24.8. The van der Waals surface area contributed by atoms with Gasteiger partial charge in [-0.15, -0.1) is 0 Å². The van der Waals surface area contributed by atoms with Crippen molar-refractivity contribution >= 4 is 56.6 Å². The van der Waals surface area contributed by atoms with Crippen LogP contribution in [0.4, 0.5) is 49.5 Å². The number of alkyl halides is 6. The number of imide groups is 1. The molecule has 1 unspecified atom stereocenters. The van der Waals surface area contributed by atoms with Gasteiger partial charge in [-0.05, 0) is 93.7 Å². The minimum atomic E-state index is -5.06. The van der Waals surface area contributed by atoms with E-state index in [1.54, 1.807) is 0 Å². The minimum absolute atomic E-state index is 0.118. The Balaban J connectivity index is 0.936. The van der Waals surface area contributed by atoms with Gasteiger partial charge in [0.2, 0.25) is 27.8 Å². The van der Waals surface area contributed by atoms with Crippen LogP contribution in [0.5, 0.6) is 0 Å². The van der Waals surface area contributed by atoms with Crippen molar-refractivity contribution in [1.82, 2.24) is 24.9 Å². The molecule has 0 spiro atoms. The van der Waals surface area contributed by atoms with Gasteiger partial charge in [0.05, 0.1) is 27.7 Å². The largest absolute Gasteiger partial charge is 0.421 e. The Kier molecular flexibility index (Phi) is 12.9. The third-order valence-electron chi connectivity index (χ3n) is 11.9. The number of sulfonamides is 1. The first-order valence-electron chi connectivity index (χ1n) is 20.2. The second-order valence-corrected chi connectivity index (χ2v) is 18.7. The zero-order valence-corrected chi connectivity index (χ0v) is 34.8. The fourth-order valence-corrected chi connectivity index (χ4v) is 10.4. The van der Waals surface area contributed by atoms with E-state index < -0.39 is 73.4 Å². The first kappa shape index (κ1) is 44.8. The molecule has 3 aliphatic heterocycles. The van der Waals surface area contributed by atoms with Crippen LogP contribution in [0.25, 0.3) is 0 Å². The van der Waals surface area contributed by atoms with Crippen LogP contribution in [-0.4, -0.2) is 97.7 Å². The molecule has 2 aromatic carbocycles. The summed E-state index contributed by atoms with van der Waals surface area (Å²) in [5.41, 5.74) is -2.93. The number of halogens is 7. The lowest BCUT2D eigenvalue weighted by Crippen LogP contribution is -2.48. The molecule has 2 atom stereocenters. The number of carbonyl (C=O) groups excluding carboxylic acids is 2. The molecule has 21 heteroatoms. The Bertz CT molecular complexity index is 2230. The van der Waals surface area contributed by atoms with Crippen LogP contribution in [0.2, 0.25) is 5.02 Å². The molecular weight excluding hydrogens is 854 g/mol. The Hall–Kier alpha value is -4.24. The van der Waals surface area contributed by atoms with Crippen LogP contribution in [0.3, 0.4) is 0 Å². The molecule has 4 aliphatic rings. The van der Waals surface area contributed by atoms with Gasteiger partial charge in [-0.2, -0.15) is 31.3 Å². The number of nitrogens with zero attached hydrogens (tertiary/aromatic N) is 5. The molecule has 61 heavy (non-hydrogen) atoms. The van der Waals surface area contributed by atoms with E-state index in [0.29, 0.717) is 73.7 Å². The Labute approximate surface area is 354 Å². The molecule has 1 aliphatic carbocycles. The molecule has 0 radical (unpaired) electrons. The van der Waals surface area contributed by atoms with Crippen molar-refractivity contribution in [2.45, 2.75) is 93.1 Å². The number of hydrogen-bond donors (Lipinski definition) is 4. The molecule has 1 aromatic heterocycles. The van der Waals surface area contributed by atoms with E-state index in [-0.39, 0.29) is 31.3 Å². The first-order chi connectivity index (χ1) is 28.6. The fourth-order valence-electron chi connectivity index (χ4n) is 8.72. The summed E-state index contributed by atoms with van der Waals surface area (Å²) in [6.45, 7) is 5.29. The van der Waals surface area contributed by atoms with Crippen molar-refractivity contribution in [3.05, 3.63) is 64.3 Å². The number of rotatable bonds is 10. The number of benzene rings is 2. The van der Waals surface area contributed by atoms with Gasteiger partial charge >= 0.3 is 12.4 Å². The number of β-amino-alcohol motifs (C(OH)–C–C–N with tert-alkyl or cyclic N) is 1. The third kappa shape index (κ3) is 10.7. The van der Waals surface area contributed by atoms with E-state index in [1.807, 2.05) is 18.2 Å². The van der Waals surface area contributed by atoms with Crippen molar-refractivity contribution in [1.29, 1.82) is 0 Å². The monoisotopic (exact) mass is 900 g/mol. The lowest BCUT2D eigenvalue weighted by Gasteiger charge is -2.39. The topological polar surface area (TPSA) is 160 Å².